The zero-order valence-corrected chi connectivity index (χ0v) is 9.30. The maximum absolute atomic E-state index is 5.92. The van der Waals surface area contributed by atoms with Crippen LogP contribution in [0.5, 0.6) is 0 Å². The highest BCUT2D eigenvalue weighted by Gasteiger charge is 2.04. The van der Waals surface area contributed by atoms with E-state index in [1.807, 2.05) is 18.2 Å². The maximum atomic E-state index is 5.92. The molecule has 1 atom stereocenters. The van der Waals surface area contributed by atoms with E-state index in [0.717, 1.165) is 24.4 Å². The van der Waals surface area contributed by atoms with Gasteiger partial charge in [-0.25, -0.2) is 0 Å². The van der Waals surface area contributed by atoms with E-state index < -0.39 is 0 Å². The summed E-state index contributed by atoms with van der Waals surface area (Å²) >= 11 is 5.92. The summed E-state index contributed by atoms with van der Waals surface area (Å²) in [5, 5.41) is 0.816. The van der Waals surface area contributed by atoms with Gasteiger partial charge in [0, 0.05) is 11.6 Å². The standard InChI is InChI=1S/C12H16ClN/c1-10(5-4-8-14-2)11-6-3-7-12(13)9-11/h3,6-7,9-10H,2,4-5,8H2,1H3. The van der Waals surface area contributed by atoms with Crippen LogP contribution in [-0.2, 0) is 0 Å². The summed E-state index contributed by atoms with van der Waals surface area (Å²) in [6, 6.07) is 8.06. The van der Waals surface area contributed by atoms with Gasteiger partial charge in [0.2, 0.25) is 0 Å². The molecule has 0 fully saturated rings. The van der Waals surface area contributed by atoms with Crippen LogP contribution in [0.15, 0.2) is 29.3 Å². The van der Waals surface area contributed by atoms with Gasteiger partial charge in [0.05, 0.1) is 0 Å². The molecule has 1 aromatic rings. The van der Waals surface area contributed by atoms with Crippen LogP contribution in [0.3, 0.4) is 0 Å². The van der Waals surface area contributed by atoms with Crippen molar-refractivity contribution in [1.29, 1.82) is 0 Å². The summed E-state index contributed by atoms with van der Waals surface area (Å²) in [6.45, 7) is 6.54. The minimum Gasteiger partial charge on any atom is -0.301 e. The van der Waals surface area contributed by atoms with E-state index in [1.165, 1.54) is 5.56 Å². The molecule has 0 aliphatic heterocycles. The molecule has 0 aromatic heterocycles. The van der Waals surface area contributed by atoms with Crippen LogP contribution >= 0.6 is 11.6 Å². The fourth-order valence-electron chi connectivity index (χ4n) is 1.49. The van der Waals surface area contributed by atoms with E-state index in [-0.39, 0.29) is 0 Å². The van der Waals surface area contributed by atoms with Gasteiger partial charge in [-0.3, -0.25) is 0 Å². The number of nitrogens with zero attached hydrogens (tertiary/aromatic N) is 1. The largest absolute Gasteiger partial charge is 0.301 e. The van der Waals surface area contributed by atoms with Crippen LogP contribution in [0.25, 0.3) is 0 Å². The van der Waals surface area contributed by atoms with Crippen molar-refractivity contribution in [1.82, 2.24) is 0 Å². The molecule has 76 valence electrons. The molecule has 0 spiro atoms. The van der Waals surface area contributed by atoms with Crippen molar-refractivity contribution in [2.75, 3.05) is 6.54 Å². The van der Waals surface area contributed by atoms with Crippen molar-refractivity contribution in [2.45, 2.75) is 25.7 Å². The van der Waals surface area contributed by atoms with Crippen LogP contribution in [0, 0.1) is 0 Å². The van der Waals surface area contributed by atoms with Crippen LogP contribution in [0.2, 0.25) is 5.02 Å². The minimum absolute atomic E-state index is 0.551. The second kappa shape index (κ2) is 5.82. The molecule has 0 N–H and O–H groups in total. The van der Waals surface area contributed by atoms with E-state index in [2.05, 4.69) is 24.7 Å². The average Bonchev–Trinajstić information content (AvgIpc) is 2.18. The van der Waals surface area contributed by atoms with Gasteiger partial charge < -0.3 is 4.99 Å². The summed E-state index contributed by atoms with van der Waals surface area (Å²) in [5.74, 6) is 0.551. The van der Waals surface area contributed by atoms with Gasteiger partial charge in [0.25, 0.3) is 0 Å². The summed E-state index contributed by atoms with van der Waals surface area (Å²) in [4.78, 5) is 3.84. The molecule has 0 heterocycles. The Morgan fingerprint density at radius 3 is 2.93 bits per heavy atom. The van der Waals surface area contributed by atoms with Gasteiger partial charge in [0.15, 0.2) is 0 Å². The summed E-state index contributed by atoms with van der Waals surface area (Å²) in [7, 11) is 0. The Balaban J connectivity index is 2.51. The predicted molar refractivity (Wildman–Crippen MR) is 63.5 cm³/mol. The van der Waals surface area contributed by atoms with Crippen molar-refractivity contribution in [3.8, 4) is 0 Å². The van der Waals surface area contributed by atoms with E-state index in [1.54, 1.807) is 0 Å². The normalized spacial score (nSPS) is 12.4. The van der Waals surface area contributed by atoms with Crippen LogP contribution in [0.1, 0.15) is 31.2 Å². The number of hydrogen-bond donors (Lipinski definition) is 0. The lowest BCUT2D eigenvalue weighted by atomic mass is 9.96. The predicted octanol–water partition coefficient (Wildman–Crippen LogP) is 3.92. The second-order valence-corrected chi connectivity index (χ2v) is 3.98. The Bertz CT molecular complexity index is 296. The van der Waals surface area contributed by atoms with Crippen molar-refractivity contribution >= 4 is 18.3 Å². The fraction of sp³-hybridized carbons (Fsp3) is 0.417. The molecule has 0 amide bonds. The number of benzene rings is 1. The molecular weight excluding hydrogens is 194 g/mol. The molecule has 0 saturated carbocycles. The highest BCUT2D eigenvalue weighted by molar-refractivity contribution is 6.30. The SMILES string of the molecule is C=NCCCC(C)c1cccc(Cl)c1. The Morgan fingerprint density at radius 1 is 1.50 bits per heavy atom. The zero-order valence-electron chi connectivity index (χ0n) is 8.54. The lowest BCUT2D eigenvalue weighted by molar-refractivity contribution is 0.642. The van der Waals surface area contributed by atoms with Crippen molar-refractivity contribution in [2.24, 2.45) is 4.99 Å². The number of aliphatic imine (C=N–C) groups is 1. The molecule has 0 aliphatic rings. The van der Waals surface area contributed by atoms with Gasteiger partial charge in [-0.15, -0.1) is 0 Å². The van der Waals surface area contributed by atoms with E-state index in [0.29, 0.717) is 5.92 Å². The molecular formula is C12H16ClN. The first-order valence-corrected chi connectivity index (χ1v) is 5.30. The molecule has 0 aliphatic carbocycles. The Kier molecular flexibility index (Phi) is 4.68. The third-order valence-electron chi connectivity index (χ3n) is 2.37. The monoisotopic (exact) mass is 209 g/mol. The van der Waals surface area contributed by atoms with Gasteiger partial charge in [-0.05, 0) is 43.2 Å². The fourth-order valence-corrected chi connectivity index (χ4v) is 1.69. The van der Waals surface area contributed by atoms with E-state index in [4.69, 9.17) is 11.6 Å². The Hall–Kier alpha value is -0.820. The molecule has 1 unspecified atom stereocenters. The summed E-state index contributed by atoms with van der Waals surface area (Å²) in [6.07, 6.45) is 2.23. The summed E-state index contributed by atoms with van der Waals surface area (Å²) < 4.78 is 0. The lowest BCUT2D eigenvalue weighted by Crippen LogP contribution is -1.94. The maximum Gasteiger partial charge on any atom is 0.0408 e. The smallest absolute Gasteiger partial charge is 0.0408 e. The topological polar surface area (TPSA) is 12.4 Å². The first-order valence-electron chi connectivity index (χ1n) is 4.92. The van der Waals surface area contributed by atoms with Crippen molar-refractivity contribution < 1.29 is 0 Å². The first kappa shape index (κ1) is 11.3. The quantitative estimate of drug-likeness (QED) is 0.515. The highest BCUT2D eigenvalue weighted by Crippen LogP contribution is 2.23. The third-order valence-corrected chi connectivity index (χ3v) is 2.61. The average molecular weight is 210 g/mol. The van der Waals surface area contributed by atoms with Gasteiger partial charge in [-0.1, -0.05) is 30.7 Å². The van der Waals surface area contributed by atoms with Crippen molar-refractivity contribution in [3.05, 3.63) is 34.9 Å². The molecule has 1 aromatic carbocycles. The zero-order chi connectivity index (χ0) is 10.4. The molecule has 0 bridgehead atoms. The van der Waals surface area contributed by atoms with Crippen LogP contribution in [0.4, 0.5) is 0 Å². The van der Waals surface area contributed by atoms with E-state index >= 15 is 0 Å². The minimum atomic E-state index is 0.551. The highest BCUT2D eigenvalue weighted by atomic mass is 35.5. The van der Waals surface area contributed by atoms with Crippen LogP contribution < -0.4 is 0 Å². The third kappa shape index (κ3) is 3.51. The molecule has 2 heteroatoms. The molecule has 1 rings (SSSR count). The van der Waals surface area contributed by atoms with Gasteiger partial charge in [0.1, 0.15) is 0 Å². The van der Waals surface area contributed by atoms with Gasteiger partial charge in [-0.2, -0.15) is 0 Å². The first-order chi connectivity index (χ1) is 6.74. The molecule has 0 radical (unpaired) electrons. The van der Waals surface area contributed by atoms with Crippen molar-refractivity contribution in [3.63, 3.8) is 0 Å². The number of halogens is 1. The summed E-state index contributed by atoms with van der Waals surface area (Å²) in [5.41, 5.74) is 1.31. The molecule has 14 heavy (non-hydrogen) atoms. The number of hydrogen-bond acceptors (Lipinski definition) is 1. The Labute approximate surface area is 90.8 Å². The van der Waals surface area contributed by atoms with Gasteiger partial charge >= 0.3 is 0 Å². The lowest BCUT2D eigenvalue weighted by Gasteiger charge is -2.10. The van der Waals surface area contributed by atoms with E-state index in [9.17, 15) is 0 Å². The Morgan fingerprint density at radius 2 is 2.29 bits per heavy atom. The number of rotatable bonds is 5. The second-order valence-electron chi connectivity index (χ2n) is 3.55. The van der Waals surface area contributed by atoms with Crippen LogP contribution in [-0.4, -0.2) is 13.3 Å². The molecule has 1 nitrogen and oxygen atoms in total. The molecule has 0 saturated heterocycles.